The molecule has 0 aromatic rings. The number of hydrogen-bond donors (Lipinski definition) is 0. The molecule has 0 spiro atoms. The predicted molar refractivity (Wildman–Crippen MR) is 48.0 cm³/mol. The van der Waals surface area contributed by atoms with Crippen LogP contribution in [0.15, 0.2) is 0 Å². The SMILES string of the molecule is CC(C)(C)C1CCC([CH2][Hg][Cl])O1. The number of ether oxygens (including phenoxy) is 1. The quantitative estimate of drug-likeness (QED) is 0.672. The summed E-state index contributed by atoms with van der Waals surface area (Å²) in [5.41, 5.74) is 0.317. The van der Waals surface area contributed by atoms with Crippen molar-refractivity contribution in [1.82, 2.24) is 0 Å². The van der Waals surface area contributed by atoms with E-state index in [4.69, 9.17) is 13.0 Å². The van der Waals surface area contributed by atoms with Crippen LogP contribution in [0.3, 0.4) is 0 Å². The van der Waals surface area contributed by atoms with Gasteiger partial charge in [0.1, 0.15) is 0 Å². The molecule has 0 bridgehead atoms. The fourth-order valence-electron chi connectivity index (χ4n) is 1.68. The maximum atomic E-state index is 5.94. The number of hydrogen-bond acceptors (Lipinski definition) is 1. The first-order valence-electron chi connectivity index (χ1n) is 4.75. The average Bonchev–Trinajstić information content (AvgIpc) is 2.35. The van der Waals surface area contributed by atoms with Crippen LogP contribution in [0.4, 0.5) is 0 Å². The van der Waals surface area contributed by atoms with Crippen LogP contribution in [-0.4, -0.2) is 12.2 Å². The van der Waals surface area contributed by atoms with E-state index in [2.05, 4.69) is 20.8 Å². The molecule has 0 aliphatic carbocycles. The molecule has 1 nitrogen and oxygen atoms in total. The molecule has 1 aliphatic rings. The zero-order chi connectivity index (χ0) is 9.19. The Bertz CT molecular complexity index is 144. The fourth-order valence-corrected chi connectivity index (χ4v) is 6.41. The van der Waals surface area contributed by atoms with Crippen LogP contribution >= 0.6 is 8.25 Å². The van der Waals surface area contributed by atoms with Gasteiger partial charge in [-0.05, 0) is 0 Å². The molecular weight excluding hydrogens is 360 g/mol. The van der Waals surface area contributed by atoms with Gasteiger partial charge in [-0.3, -0.25) is 0 Å². The molecule has 1 heterocycles. The second-order valence-corrected chi connectivity index (χ2v) is 11.7. The Balaban J connectivity index is 2.35. The van der Waals surface area contributed by atoms with E-state index in [1.165, 1.54) is 16.8 Å². The fraction of sp³-hybridized carbons (Fsp3) is 1.00. The van der Waals surface area contributed by atoms with E-state index in [0.717, 1.165) is 0 Å². The summed E-state index contributed by atoms with van der Waals surface area (Å²) in [6.07, 6.45) is 3.47. The van der Waals surface area contributed by atoms with E-state index in [1.54, 1.807) is 0 Å². The summed E-state index contributed by atoms with van der Waals surface area (Å²) in [4.78, 5) is 0. The standard InChI is InChI=1S/C9H17O.ClH.Hg/c1-7-5-6-8(10-7)9(2,3)4;;/h7-8H,1,5-6H2,2-4H3;1H;/q;;+1/p-1. The van der Waals surface area contributed by atoms with Crippen molar-refractivity contribution < 1.29 is 28.1 Å². The van der Waals surface area contributed by atoms with Crippen molar-refractivity contribution in [2.45, 2.75) is 49.8 Å². The molecule has 0 aromatic heterocycles. The van der Waals surface area contributed by atoms with Gasteiger partial charge in [-0.2, -0.15) is 0 Å². The van der Waals surface area contributed by atoms with E-state index in [1.807, 2.05) is 0 Å². The summed E-state index contributed by atoms with van der Waals surface area (Å²) < 4.78 is 7.17. The van der Waals surface area contributed by atoms with Crippen molar-refractivity contribution in [3.8, 4) is 0 Å². The van der Waals surface area contributed by atoms with E-state index < -0.39 is 23.3 Å². The molecule has 0 N–H and O–H groups in total. The second-order valence-electron chi connectivity index (χ2n) is 4.67. The summed E-state index contributed by atoms with van der Waals surface area (Å²) in [5, 5.41) is 0. The first-order valence-corrected chi connectivity index (χ1v) is 15.4. The van der Waals surface area contributed by atoms with Gasteiger partial charge in [-0.15, -0.1) is 0 Å². The molecule has 2 atom stereocenters. The Morgan fingerprint density at radius 3 is 2.50 bits per heavy atom. The molecule has 2 unspecified atom stereocenters. The van der Waals surface area contributed by atoms with Crippen LogP contribution < -0.4 is 0 Å². The van der Waals surface area contributed by atoms with Crippen LogP contribution in [-0.2, 0) is 28.1 Å². The Hall–Kier alpha value is 1.19. The Morgan fingerprint density at radius 1 is 1.42 bits per heavy atom. The van der Waals surface area contributed by atoms with Crippen LogP contribution in [0.25, 0.3) is 0 Å². The van der Waals surface area contributed by atoms with Gasteiger partial charge in [-0.25, -0.2) is 0 Å². The average molecular weight is 377 g/mol. The third-order valence-corrected chi connectivity index (χ3v) is 7.77. The Kier molecular flexibility index (Phi) is 4.33. The predicted octanol–water partition coefficient (Wildman–Crippen LogP) is 3.23. The van der Waals surface area contributed by atoms with Crippen LogP contribution in [0, 0.1) is 5.41 Å². The van der Waals surface area contributed by atoms with Crippen molar-refractivity contribution in [1.29, 1.82) is 0 Å². The molecule has 1 saturated heterocycles. The molecule has 0 aromatic carbocycles. The summed E-state index contributed by atoms with van der Waals surface area (Å²) in [5.74, 6) is 0. The maximum absolute atomic E-state index is 5.94. The van der Waals surface area contributed by atoms with Crippen LogP contribution in [0.5, 0.6) is 0 Å². The monoisotopic (exact) mass is 378 g/mol. The van der Waals surface area contributed by atoms with Crippen molar-refractivity contribution >= 4 is 8.25 Å². The van der Waals surface area contributed by atoms with E-state index >= 15 is 0 Å². The third-order valence-electron chi connectivity index (χ3n) is 2.50. The van der Waals surface area contributed by atoms with Gasteiger partial charge in [0.05, 0.1) is 0 Å². The van der Waals surface area contributed by atoms with Crippen molar-refractivity contribution in [2.75, 3.05) is 0 Å². The zero-order valence-electron chi connectivity index (χ0n) is 8.27. The second kappa shape index (κ2) is 4.61. The molecule has 1 fully saturated rings. The van der Waals surface area contributed by atoms with Gasteiger partial charge in [0.25, 0.3) is 0 Å². The van der Waals surface area contributed by atoms with Crippen molar-refractivity contribution in [3.05, 3.63) is 0 Å². The van der Waals surface area contributed by atoms with Crippen LogP contribution in [0.1, 0.15) is 33.6 Å². The number of halogens is 1. The van der Waals surface area contributed by atoms with Gasteiger partial charge >= 0.3 is 91.5 Å². The summed E-state index contributed by atoms with van der Waals surface area (Å²) in [7, 11) is 5.89. The van der Waals surface area contributed by atoms with Crippen molar-refractivity contribution in [3.63, 3.8) is 0 Å². The first-order chi connectivity index (χ1) is 5.54. The molecule has 1 aliphatic heterocycles. The van der Waals surface area contributed by atoms with E-state index in [9.17, 15) is 0 Å². The molecule has 1 rings (SSSR count). The van der Waals surface area contributed by atoms with E-state index in [-0.39, 0.29) is 0 Å². The van der Waals surface area contributed by atoms with Gasteiger partial charge in [0.15, 0.2) is 0 Å². The molecular formula is C9H17ClHgO. The summed E-state index contributed by atoms with van der Waals surface area (Å²) in [6.45, 7) is 6.76. The molecule has 0 saturated carbocycles. The van der Waals surface area contributed by atoms with Gasteiger partial charge < -0.3 is 0 Å². The van der Waals surface area contributed by atoms with Gasteiger partial charge in [0.2, 0.25) is 0 Å². The van der Waals surface area contributed by atoms with Crippen LogP contribution in [0.2, 0.25) is 3.93 Å². The molecule has 0 radical (unpaired) electrons. The Morgan fingerprint density at radius 2 is 2.08 bits per heavy atom. The topological polar surface area (TPSA) is 9.23 Å². The first kappa shape index (κ1) is 11.3. The minimum absolute atomic E-state index is 0.317. The summed E-state index contributed by atoms with van der Waals surface area (Å²) in [6, 6.07) is 0. The third kappa shape index (κ3) is 3.15. The minimum atomic E-state index is -0.970. The zero-order valence-corrected chi connectivity index (χ0v) is 14.5. The van der Waals surface area contributed by atoms with Crippen molar-refractivity contribution in [2.24, 2.45) is 5.41 Å². The normalized spacial score (nSPS) is 30.3. The molecule has 68 valence electrons. The number of rotatable bonds is 2. The Labute approximate surface area is 91.1 Å². The van der Waals surface area contributed by atoms with E-state index in [0.29, 0.717) is 17.6 Å². The van der Waals surface area contributed by atoms with Gasteiger partial charge in [-0.1, -0.05) is 0 Å². The molecule has 0 amide bonds. The molecule has 12 heavy (non-hydrogen) atoms. The van der Waals surface area contributed by atoms with Gasteiger partial charge in [0, 0.05) is 0 Å². The summed E-state index contributed by atoms with van der Waals surface area (Å²) >= 11 is -0.970. The molecule has 3 heteroatoms.